The van der Waals surface area contributed by atoms with E-state index in [-0.39, 0.29) is 5.97 Å². The van der Waals surface area contributed by atoms with Gasteiger partial charge >= 0.3 is 5.97 Å². The molecule has 1 rings (SSSR count). The zero-order chi connectivity index (χ0) is 17.2. The smallest absolute Gasteiger partial charge is 0.306 e. The minimum Gasteiger partial charge on any atom is -0.466 e. The maximum absolute atomic E-state index is 12.2. The maximum Gasteiger partial charge on any atom is 0.306 e. The monoisotopic (exact) mass is 320 g/mol. The van der Waals surface area contributed by atoms with E-state index in [1.165, 1.54) is 12.8 Å². The minimum absolute atomic E-state index is 0.0340. The van der Waals surface area contributed by atoms with E-state index in [9.17, 15) is 4.79 Å². The van der Waals surface area contributed by atoms with Crippen molar-refractivity contribution in [3.8, 4) is 0 Å². The molecule has 0 amide bonds. The summed E-state index contributed by atoms with van der Waals surface area (Å²) in [5.74, 6) is 0.283. The van der Waals surface area contributed by atoms with Crippen molar-refractivity contribution in [2.24, 2.45) is 5.92 Å². The molecule has 0 aliphatic heterocycles. The first-order valence-corrected chi connectivity index (χ1v) is 9.74. The molecule has 0 heterocycles. The third kappa shape index (κ3) is 5.22. The molecule has 0 N–H and O–H groups in total. The van der Waals surface area contributed by atoms with Gasteiger partial charge in [-0.25, -0.2) is 0 Å². The Morgan fingerprint density at radius 2 is 1.22 bits per heavy atom. The second-order valence-electron chi connectivity index (χ2n) is 6.57. The molecule has 0 radical (unpaired) electrons. The fourth-order valence-corrected chi connectivity index (χ4v) is 3.96. The van der Waals surface area contributed by atoms with E-state index in [2.05, 4.69) is 27.7 Å². The first-order chi connectivity index (χ1) is 11.1. The number of hydrogen-bond acceptors (Lipinski definition) is 2. The Morgan fingerprint density at radius 1 is 0.783 bits per heavy atom. The molecule has 0 bridgehead atoms. The van der Waals surface area contributed by atoms with Gasteiger partial charge in [0.25, 0.3) is 0 Å². The van der Waals surface area contributed by atoms with Crippen LogP contribution in [0.25, 0.3) is 0 Å². The van der Waals surface area contributed by atoms with Gasteiger partial charge in [-0.1, -0.05) is 64.5 Å². The van der Waals surface area contributed by atoms with Gasteiger partial charge in [0, 0.05) is 5.92 Å². The molecule has 0 saturated carbocycles. The van der Waals surface area contributed by atoms with Gasteiger partial charge < -0.3 is 4.74 Å². The fraction of sp³-hybridized carbons (Fsp3) is 0.762. The molecule has 0 spiro atoms. The predicted octanol–water partition coefficient (Wildman–Crippen LogP) is 6.36. The number of ether oxygens (including phenoxy) is 1. The molecule has 23 heavy (non-hydrogen) atoms. The highest BCUT2D eigenvalue weighted by atomic mass is 16.5. The van der Waals surface area contributed by atoms with Gasteiger partial charge in [0.1, 0.15) is 0 Å². The normalized spacial score (nSPS) is 15.7. The Balaban J connectivity index is 3.22. The first kappa shape index (κ1) is 20.0. The number of allylic oxidation sites excluding steroid dienone is 4. The van der Waals surface area contributed by atoms with Crippen molar-refractivity contribution in [3.63, 3.8) is 0 Å². The van der Waals surface area contributed by atoms with Crippen LogP contribution in [0.2, 0.25) is 0 Å². The topological polar surface area (TPSA) is 26.3 Å². The van der Waals surface area contributed by atoms with Crippen LogP contribution in [0.3, 0.4) is 0 Å². The molecule has 2 heteroatoms. The molecule has 0 atom stereocenters. The van der Waals surface area contributed by atoms with Gasteiger partial charge in [-0.2, -0.15) is 0 Å². The highest BCUT2D eigenvalue weighted by Crippen LogP contribution is 2.46. The average Bonchev–Trinajstić information content (AvgIpc) is 2.76. The molecule has 0 unspecified atom stereocenters. The van der Waals surface area contributed by atoms with Gasteiger partial charge in [0.15, 0.2) is 0 Å². The van der Waals surface area contributed by atoms with Crippen LogP contribution in [-0.4, -0.2) is 12.6 Å². The lowest BCUT2D eigenvalue weighted by Crippen LogP contribution is -2.14. The lowest BCUT2D eigenvalue weighted by molar-refractivity contribution is -0.143. The van der Waals surface area contributed by atoms with Crippen molar-refractivity contribution in [2.45, 2.75) is 92.4 Å². The van der Waals surface area contributed by atoms with Crippen LogP contribution >= 0.6 is 0 Å². The van der Waals surface area contributed by atoms with E-state index in [0.717, 1.165) is 38.5 Å². The molecule has 1 aliphatic carbocycles. The summed E-state index contributed by atoms with van der Waals surface area (Å²) in [7, 11) is 0. The summed E-state index contributed by atoms with van der Waals surface area (Å²) in [6, 6.07) is 0. The van der Waals surface area contributed by atoms with Crippen molar-refractivity contribution in [3.05, 3.63) is 22.3 Å². The fourth-order valence-electron chi connectivity index (χ4n) is 3.96. The Kier molecular flexibility index (Phi) is 9.28. The summed E-state index contributed by atoms with van der Waals surface area (Å²) in [5.41, 5.74) is 6.28. The molecule has 2 nitrogen and oxygen atoms in total. The molecule has 0 aromatic rings. The van der Waals surface area contributed by atoms with Crippen LogP contribution < -0.4 is 0 Å². The van der Waals surface area contributed by atoms with Gasteiger partial charge in [-0.3, -0.25) is 4.79 Å². The molecule has 0 aromatic heterocycles. The predicted molar refractivity (Wildman–Crippen MR) is 98.4 cm³/mol. The number of hydrogen-bond donors (Lipinski definition) is 0. The summed E-state index contributed by atoms with van der Waals surface area (Å²) in [6.07, 6.45) is 9.79. The lowest BCUT2D eigenvalue weighted by Gasteiger charge is -2.19. The molecule has 0 aromatic carbocycles. The number of carbonyl (C=O) groups is 1. The van der Waals surface area contributed by atoms with E-state index >= 15 is 0 Å². The second-order valence-corrected chi connectivity index (χ2v) is 6.57. The summed E-state index contributed by atoms with van der Waals surface area (Å²) in [4.78, 5) is 12.2. The number of esters is 1. The molecule has 1 aliphatic rings. The van der Waals surface area contributed by atoms with Crippen molar-refractivity contribution in [1.29, 1.82) is 0 Å². The van der Waals surface area contributed by atoms with Crippen LogP contribution in [0.4, 0.5) is 0 Å². The standard InChI is InChI=1S/C21H36O2/c1-6-11-16-17(12-7-2)19(14-9-4)20(18(16)13-8-3)15-21(22)23-10-5/h20H,6-15H2,1-5H3. The Bertz CT molecular complexity index is 411. The summed E-state index contributed by atoms with van der Waals surface area (Å²) in [5, 5.41) is 0. The van der Waals surface area contributed by atoms with Crippen molar-refractivity contribution in [1.82, 2.24) is 0 Å². The van der Waals surface area contributed by atoms with Crippen molar-refractivity contribution < 1.29 is 9.53 Å². The first-order valence-electron chi connectivity index (χ1n) is 9.74. The highest BCUT2D eigenvalue weighted by Gasteiger charge is 2.33. The van der Waals surface area contributed by atoms with Crippen LogP contribution in [0.5, 0.6) is 0 Å². The molecular weight excluding hydrogens is 284 g/mol. The number of carbonyl (C=O) groups excluding carboxylic acids is 1. The SMILES string of the molecule is CCCC1=C(CCC)C(CC(=O)OCC)C(CCC)=C1CCC. The zero-order valence-electron chi connectivity index (χ0n) is 16.0. The molecule has 0 saturated heterocycles. The summed E-state index contributed by atoms with van der Waals surface area (Å²) >= 11 is 0. The van der Waals surface area contributed by atoms with Gasteiger partial charge in [-0.15, -0.1) is 0 Å². The maximum atomic E-state index is 12.2. The van der Waals surface area contributed by atoms with Gasteiger partial charge in [0.05, 0.1) is 13.0 Å². The van der Waals surface area contributed by atoms with Gasteiger partial charge in [-0.05, 0) is 43.8 Å². The Labute approximate surface area is 143 Å². The largest absolute Gasteiger partial charge is 0.466 e. The van der Waals surface area contributed by atoms with E-state index < -0.39 is 0 Å². The van der Waals surface area contributed by atoms with Crippen LogP contribution in [0, 0.1) is 5.92 Å². The zero-order valence-corrected chi connectivity index (χ0v) is 16.0. The minimum atomic E-state index is -0.0340. The van der Waals surface area contributed by atoms with E-state index in [0.29, 0.717) is 18.9 Å². The van der Waals surface area contributed by atoms with E-state index in [4.69, 9.17) is 4.74 Å². The summed E-state index contributed by atoms with van der Waals surface area (Å²) < 4.78 is 5.26. The third-order valence-corrected chi connectivity index (χ3v) is 4.70. The van der Waals surface area contributed by atoms with Crippen molar-refractivity contribution >= 4 is 5.97 Å². The molecule has 0 fully saturated rings. The van der Waals surface area contributed by atoms with Crippen molar-refractivity contribution in [2.75, 3.05) is 6.61 Å². The van der Waals surface area contributed by atoms with Crippen LogP contribution in [0.1, 0.15) is 92.4 Å². The lowest BCUT2D eigenvalue weighted by atomic mass is 9.86. The Morgan fingerprint density at radius 3 is 1.57 bits per heavy atom. The van der Waals surface area contributed by atoms with E-state index in [1.54, 1.807) is 22.3 Å². The number of rotatable bonds is 11. The third-order valence-electron chi connectivity index (χ3n) is 4.70. The average molecular weight is 321 g/mol. The Hall–Kier alpha value is -1.05. The summed E-state index contributed by atoms with van der Waals surface area (Å²) in [6.45, 7) is 11.4. The van der Waals surface area contributed by atoms with Gasteiger partial charge in [0.2, 0.25) is 0 Å². The molecule has 132 valence electrons. The van der Waals surface area contributed by atoms with Crippen LogP contribution in [-0.2, 0) is 9.53 Å². The quantitative estimate of drug-likeness (QED) is 0.414. The highest BCUT2D eigenvalue weighted by molar-refractivity contribution is 5.72. The second kappa shape index (κ2) is 10.7. The van der Waals surface area contributed by atoms with Crippen LogP contribution in [0.15, 0.2) is 22.3 Å². The van der Waals surface area contributed by atoms with E-state index in [1.807, 2.05) is 6.92 Å². The molecular formula is C21H36O2.